The molecule has 166 valence electrons. The monoisotopic (exact) mass is 574 g/mol. The van der Waals surface area contributed by atoms with Crippen LogP contribution >= 0.6 is 46.9 Å². The summed E-state index contributed by atoms with van der Waals surface area (Å²) in [4.78, 5) is 14.5. The zero-order chi connectivity index (χ0) is 21.0. The van der Waals surface area contributed by atoms with Gasteiger partial charge in [-0.3, -0.25) is 4.99 Å². The Morgan fingerprint density at radius 2 is 2.20 bits per heavy atom. The van der Waals surface area contributed by atoms with Gasteiger partial charge in [-0.05, 0) is 19.4 Å². The number of guanidine groups is 1. The van der Waals surface area contributed by atoms with Gasteiger partial charge in [-0.15, -0.1) is 35.3 Å². The molecule has 0 bridgehead atoms. The molecule has 1 fully saturated rings. The highest BCUT2D eigenvalue weighted by atomic mass is 127. The van der Waals surface area contributed by atoms with Crippen LogP contribution in [0.2, 0.25) is 5.02 Å². The number of halogens is 5. The van der Waals surface area contributed by atoms with Gasteiger partial charge in [0.2, 0.25) is 0 Å². The zero-order valence-electron chi connectivity index (χ0n) is 16.5. The van der Waals surface area contributed by atoms with Gasteiger partial charge in [0.15, 0.2) is 5.96 Å². The molecule has 30 heavy (non-hydrogen) atoms. The van der Waals surface area contributed by atoms with Gasteiger partial charge in [0.25, 0.3) is 0 Å². The number of alkyl halides is 3. The topological polar surface area (TPSA) is 65.4 Å². The Morgan fingerprint density at radius 1 is 1.43 bits per heavy atom. The summed E-state index contributed by atoms with van der Waals surface area (Å²) < 4.78 is 38.4. The number of thiazole rings is 1. The van der Waals surface area contributed by atoms with Crippen molar-refractivity contribution in [1.29, 1.82) is 0 Å². The van der Waals surface area contributed by atoms with Crippen LogP contribution in [-0.2, 0) is 12.6 Å². The number of pyridine rings is 1. The number of aromatic nitrogens is 2. The van der Waals surface area contributed by atoms with Gasteiger partial charge in [-0.25, -0.2) is 9.97 Å². The highest BCUT2D eigenvalue weighted by Crippen LogP contribution is 2.34. The fourth-order valence-corrected chi connectivity index (χ4v) is 4.04. The second-order valence-corrected chi connectivity index (χ2v) is 8.18. The fourth-order valence-electron chi connectivity index (χ4n) is 3.11. The van der Waals surface area contributed by atoms with E-state index in [1.165, 1.54) is 0 Å². The molecule has 1 unspecified atom stereocenters. The van der Waals surface area contributed by atoms with Crippen LogP contribution in [-0.4, -0.2) is 48.7 Å². The van der Waals surface area contributed by atoms with Gasteiger partial charge in [-0.1, -0.05) is 11.6 Å². The van der Waals surface area contributed by atoms with Crippen molar-refractivity contribution >= 4 is 58.7 Å². The molecule has 0 saturated carbocycles. The molecule has 3 heterocycles. The normalized spacial score (nSPS) is 17.1. The average Bonchev–Trinajstić information content (AvgIpc) is 3.29. The Morgan fingerprint density at radius 3 is 2.80 bits per heavy atom. The summed E-state index contributed by atoms with van der Waals surface area (Å²) in [5.74, 6) is 1.04. The number of hydrogen-bond acceptors (Lipinski definition) is 5. The van der Waals surface area contributed by atoms with E-state index in [0.29, 0.717) is 31.4 Å². The SMILES string of the molecule is CN=C(NCCc1csc(C)n1)NC1CCN(c2ncc(C(F)(F)F)cc2Cl)C1.I. The lowest BCUT2D eigenvalue weighted by Crippen LogP contribution is -2.45. The lowest BCUT2D eigenvalue weighted by atomic mass is 10.2. The number of anilines is 1. The smallest absolute Gasteiger partial charge is 0.356 e. The van der Waals surface area contributed by atoms with Crippen molar-refractivity contribution in [2.24, 2.45) is 4.99 Å². The van der Waals surface area contributed by atoms with Gasteiger partial charge >= 0.3 is 6.18 Å². The summed E-state index contributed by atoms with van der Waals surface area (Å²) in [6.45, 7) is 3.90. The van der Waals surface area contributed by atoms with E-state index in [2.05, 4.69) is 25.6 Å². The van der Waals surface area contributed by atoms with Crippen molar-refractivity contribution in [3.63, 3.8) is 0 Å². The standard InChI is InChI=1S/C18H22ClF3N6S.HI/c1-11-26-14(10-29-11)3-5-24-17(23-2)27-13-4-6-28(9-13)16-15(19)7-12(8-25-16)18(20,21)22;/h7-8,10,13H,3-6,9H2,1-2H3,(H2,23,24,27);1H. The minimum atomic E-state index is -4.46. The number of aryl methyl sites for hydroxylation is 1. The summed E-state index contributed by atoms with van der Waals surface area (Å²) in [6, 6.07) is 1.01. The van der Waals surface area contributed by atoms with Gasteiger partial charge in [0, 0.05) is 50.7 Å². The molecule has 1 aliphatic rings. The van der Waals surface area contributed by atoms with Crippen molar-refractivity contribution < 1.29 is 13.2 Å². The van der Waals surface area contributed by atoms with Crippen molar-refractivity contribution in [2.45, 2.75) is 32.0 Å². The third-order valence-corrected chi connectivity index (χ3v) is 5.64. The van der Waals surface area contributed by atoms with Gasteiger partial charge in [0.1, 0.15) is 5.82 Å². The maximum atomic E-state index is 12.8. The number of aliphatic imine (C=N–C) groups is 1. The zero-order valence-corrected chi connectivity index (χ0v) is 20.4. The van der Waals surface area contributed by atoms with Crippen LogP contribution in [0.5, 0.6) is 0 Å². The van der Waals surface area contributed by atoms with Crippen LogP contribution in [0.25, 0.3) is 0 Å². The van der Waals surface area contributed by atoms with Crippen LogP contribution in [0.1, 0.15) is 22.7 Å². The minimum Gasteiger partial charge on any atom is -0.356 e. The Labute approximate surface area is 199 Å². The molecule has 0 radical (unpaired) electrons. The second kappa shape index (κ2) is 10.8. The average molecular weight is 575 g/mol. The molecule has 1 atom stereocenters. The molecule has 0 aromatic carbocycles. The summed E-state index contributed by atoms with van der Waals surface area (Å²) in [7, 11) is 1.70. The lowest BCUT2D eigenvalue weighted by molar-refractivity contribution is -0.137. The van der Waals surface area contributed by atoms with Crippen LogP contribution in [0, 0.1) is 6.92 Å². The maximum Gasteiger partial charge on any atom is 0.417 e. The predicted molar refractivity (Wildman–Crippen MR) is 125 cm³/mol. The van der Waals surface area contributed by atoms with Crippen molar-refractivity contribution in [3.05, 3.63) is 38.9 Å². The predicted octanol–water partition coefficient (Wildman–Crippen LogP) is 4.12. The lowest BCUT2D eigenvalue weighted by Gasteiger charge is -2.21. The Hall–Kier alpha value is -1.34. The Balaban J connectivity index is 0.00000320. The number of hydrogen-bond donors (Lipinski definition) is 2. The second-order valence-electron chi connectivity index (χ2n) is 6.71. The van der Waals surface area contributed by atoms with E-state index in [0.717, 1.165) is 35.8 Å². The van der Waals surface area contributed by atoms with Crippen LogP contribution in [0.4, 0.5) is 19.0 Å². The molecule has 6 nitrogen and oxygen atoms in total. The molecule has 1 saturated heterocycles. The Kier molecular flexibility index (Phi) is 8.98. The highest BCUT2D eigenvalue weighted by Gasteiger charge is 2.33. The largest absolute Gasteiger partial charge is 0.417 e. The minimum absolute atomic E-state index is 0. The number of nitrogens with zero attached hydrogens (tertiary/aromatic N) is 4. The van der Waals surface area contributed by atoms with Crippen molar-refractivity contribution in [1.82, 2.24) is 20.6 Å². The molecule has 3 rings (SSSR count). The highest BCUT2D eigenvalue weighted by molar-refractivity contribution is 14.0. The summed E-state index contributed by atoms with van der Waals surface area (Å²) in [5.41, 5.74) is 0.200. The quantitative estimate of drug-likeness (QED) is 0.320. The van der Waals surface area contributed by atoms with Gasteiger partial charge in [0.05, 0.1) is 21.3 Å². The van der Waals surface area contributed by atoms with E-state index < -0.39 is 11.7 Å². The third-order valence-electron chi connectivity index (χ3n) is 4.54. The van der Waals surface area contributed by atoms with E-state index in [4.69, 9.17) is 11.6 Å². The van der Waals surface area contributed by atoms with Gasteiger partial charge in [-0.2, -0.15) is 13.2 Å². The fraction of sp³-hybridized carbons (Fsp3) is 0.500. The van der Waals surface area contributed by atoms with E-state index in [1.807, 2.05) is 17.2 Å². The van der Waals surface area contributed by atoms with Crippen LogP contribution < -0.4 is 15.5 Å². The molecule has 12 heteroatoms. The van der Waals surface area contributed by atoms with Crippen molar-refractivity contribution in [2.75, 3.05) is 31.6 Å². The molecule has 2 aromatic rings. The molecule has 2 aromatic heterocycles. The summed E-state index contributed by atoms with van der Waals surface area (Å²) in [6.07, 6.45) is -2.04. The van der Waals surface area contributed by atoms with Crippen molar-refractivity contribution in [3.8, 4) is 0 Å². The number of nitrogens with one attached hydrogen (secondary N) is 2. The van der Waals surface area contributed by atoms with Crippen LogP contribution in [0.15, 0.2) is 22.6 Å². The molecule has 1 aliphatic heterocycles. The Bertz CT molecular complexity index is 876. The number of rotatable bonds is 5. The first-order valence-corrected chi connectivity index (χ1v) is 10.4. The molecular formula is C18H23ClF3IN6S. The first-order valence-electron chi connectivity index (χ1n) is 9.12. The summed E-state index contributed by atoms with van der Waals surface area (Å²) >= 11 is 7.69. The first-order chi connectivity index (χ1) is 13.8. The van der Waals surface area contributed by atoms with E-state index >= 15 is 0 Å². The van der Waals surface area contributed by atoms with E-state index in [1.54, 1.807) is 18.4 Å². The van der Waals surface area contributed by atoms with E-state index in [9.17, 15) is 13.2 Å². The molecule has 0 amide bonds. The third kappa shape index (κ3) is 6.58. The van der Waals surface area contributed by atoms with Gasteiger partial charge < -0.3 is 15.5 Å². The summed E-state index contributed by atoms with van der Waals surface area (Å²) in [5, 5.41) is 9.69. The molecule has 2 N–H and O–H groups in total. The first kappa shape index (κ1) is 24.9. The van der Waals surface area contributed by atoms with Crippen LogP contribution in [0.3, 0.4) is 0 Å². The van der Waals surface area contributed by atoms with E-state index in [-0.39, 0.29) is 35.0 Å². The molecular weight excluding hydrogens is 552 g/mol. The molecule has 0 spiro atoms. The molecule has 0 aliphatic carbocycles. The maximum absolute atomic E-state index is 12.8.